The van der Waals surface area contributed by atoms with Gasteiger partial charge in [-0.3, -0.25) is 0 Å². The number of aromatic nitrogens is 1. The number of ether oxygens (including phenoxy) is 1. The molecule has 3 rings (SSSR count). The number of hydrogen-bond donors (Lipinski definition) is 1. The largest absolute Gasteiger partial charge is 0.497 e. The van der Waals surface area contributed by atoms with Gasteiger partial charge in [0, 0.05) is 56.9 Å². The zero-order chi connectivity index (χ0) is 14.7. The molecule has 1 aromatic heterocycles. The van der Waals surface area contributed by atoms with Gasteiger partial charge >= 0.3 is 0 Å². The van der Waals surface area contributed by atoms with Crippen LogP contribution >= 0.6 is 0 Å². The summed E-state index contributed by atoms with van der Waals surface area (Å²) in [5.74, 6) is 0.934. The molecule has 1 aromatic carbocycles. The van der Waals surface area contributed by atoms with Crippen LogP contribution in [0.5, 0.6) is 5.75 Å². The molecular weight excluding hydrogens is 262 g/mol. The minimum absolute atomic E-state index is 0.934. The van der Waals surface area contributed by atoms with Gasteiger partial charge in [-0.1, -0.05) is 0 Å². The van der Waals surface area contributed by atoms with E-state index in [1.165, 1.54) is 29.6 Å². The van der Waals surface area contributed by atoms with Crippen molar-refractivity contribution in [2.24, 2.45) is 0 Å². The number of aryl methyl sites for hydroxylation is 1. The molecule has 2 heterocycles. The lowest BCUT2D eigenvalue weighted by Gasteiger charge is -2.26. The number of nitrogens with zero attached hydrogens (tertiary/aromatic N) is 2. The highest BCUT2D eigenvalue weighted by molar-refractivity contribution is 5.85. The van der Waals surface area contributed by atoms with Gasteiger partial charge in [0.05, 0.1) is 12.6 Å². The molecule has 0 radical (unpaired) electrons. The molecule has 0 spiro atoms. The van der Waals surface area contributed by atoms with Crippen LogP contribution in [0.3, 0.4) is 0 Å². The molecule has 0 unspecified atom stereocenters. The molecule has 1 saturated heterocycles. The predicted octanol–water partition coefficient (Wildman–Crippen LogP) is 2.12. The molecule has 114 valence electrons. The summed E-state index contributed by atoms with van der Waals surface area (Å²) in [7, 11) is 1.73. The van der Waals surface area contributed by atoms with Gasteiger partial charge in [0.15, 0.2) is 0 Å². The van der Waals surface area contributed by atoms with Crippen molar-refractivity contribution in [3.8, 4) is 5.75 Å². The van der Waals surface area contributed by atoms with Gasteiger partial charge in [0.2, 0.25) is 0 Å². The number of rotatable bonds is 5. The lowest BCUT2D eigenvalue weighted by molar-refractivity contribution is 0.244. The molecule has 1 aliphatic heterocycles. The summed E-state index contributed by atoms with van der Waals surface area (Å²) in [6.07, 6.45) is 3.43. The van der Waals surface area contributed by atoms with Crippen LogP contribution in [-0.4, -0.2) is 49.3 Å². The standard InChI is InChI=1S/C17H25N3O/c1-3-20-13-14(6-9-19-10-7-18-8-11-19)16-5-4-15(21-2)12-17(16)20/h4-5,12-13,18H,3,6-11H2,1-2H3. The third-order valence-corrected chi connectivity index (χ3v) is 4.42. The number of nitrogens with one attached hydrogen (secondary N) is 1. The Balaban J connectivity index is 1.81. The fraction of sp³-hybridized carbons (Fsp3) is 0.529. The Morgan fingerprint density at radius 3 is 2.76 bits per heavy atom. The van der Waals surface area contributed by atoms with E-state index in [4.69, 9.17) is 4.74 Å². The van der Waals surface area contributed by atoms with Crippen LogP contribution < -0.4 is 10.1 Å². The molecule has 1 aliphatic rings. The fourth-order valence-corrected chi connectivity index (χ4v) is 3.15. The summed E-state index contributed by atoms with van der Waals surface area (Å²) in [6, 6.07) is 6.41. The minimum Gasteiger partial charge on any atom is -0.497 e. The second kappa shape index (κ2) is 6.50. The average Bonchev–Trinajstić information content (AvgIpc) is 2.91. The van der Waals surface area contributed by atoms with Crippen LogP contribution in [0.25, 0.3) is 10.9 Å². The Labute approximate surface area is 126 Å². The maximum Gasteiger partial charge on any atom is 0.120 e. The van der Waals surface area contributed by atoms with E-state index in [0.29, 0.717) is 0 Å². The van der Waals surface area contributed by atoms with Gasteiger partial charge in [0.1, 0.15) is 5.75 Å². The molecule has 4 heteroatoms. The first kappa shape index (κ1) is 14.4. The predicted molar refractivity (Wildman–Crippen MR) is 87.2 cm³/mol. The molecule has 0 atom stereocenters. The van der Waals surface area contributed by atoms with Crippen LogP contribution in [0, 0.1) is 0 Å². The third-order valence-electron chi connectivity index (χ3n) is 4.42. The molecular formula is C17H25N3O. The van der Waals surface area contributed by atoms with Crippen molar-refractivity contribution in [2.75, 3.05) is 39.8 Å². The number of methoxy groups -OCH3 is 1. The van der Waals surface area contributed by atoms with Crippen LogP contribution in [0.4, 0.5) is 0 Å². The highest BCUT2D eigenvalue weighted by Gasteiger charge is 2.12. The van der Waals surface area contributed by atoms with E-state index in [0.717, 1.165) is 38.3 Å². The van der Waals surface area contributed by atoms with E-state index in [-0.39, 0.29) is 0 Å². The maximum absolute atomic E-state index is 5.36. The first-order valence-corrected chi connectivity index (χ1v) is 7.90. The molecule has 0 bridgehead atoms. The van der Waals surface area contributed by atoms with Crippen molar-refractivity contribution in [2.45, 2.75) is 19.9 Å². The lowest BCUT2D eigenvalue weighted by Crippen LogP contribution is -2.44. The van der Waals surface area contributed by atoms with Gasteiger partial charge in [-0.25, -0.2) is 0 Å². The van der Waals surface area contributed by atoms with Gasteiger partial charge in [-0.05, 0) is 31.0 Å². The van der Waals surface area contributed by atoms with E-state index in [1.807, 2.05) is 0 Å². The normalized spacial score (nSPS) is 16.5. The summed E-state index contributed by atoms with van der Waals surface area (Å²) in [5.41, 5.74) is 2.74. The Morgan fingerprint density at radius 2 is 2.05 bits per heavy atom. The SMILES string of the molecule is CCn1cc(CCN2CCNCC2)c2ccc(OC)cc21. The molecule has 1 N–H and O–H groups in total. The number of fused-ring (bicyclic) bond motifs is 1. The second-order valence-electron chi connectivity index (χ2n) is 5.67. The zero-order valence-electron chi connectivity index (χ0n) is 13.1. The highest BCUT2D eigenvalue weighted by Crippen LogP contribution is 2.26. The summed E-state index contributed by atoms with van der Waals surface area (Å²) in [6.45, 7) is 8.91. The van der Waals surface area contributed by atoms with Crippen molar-refractivity contribution in [1.82, 2.24) is 14.8 Å². The number of piperazine rings is 1. The lowest BCUT2D eigenvalue weighted by atomic mass is 10.1. The van der Waals surface area contributed by atoms with E-state index in [1.54, 1.807) is 7.11 Å². The topological polar surface area (TPSA) is 29.4 Å². The van der Waals surface area contributed by atoms with Crippen molar-refractivity contribution < 1.29 is 4.74 Å². The summed E-state index contributed by atoms with van der Waals surface area (Å²) in [5, 5.41) is 4.78. The third kappa shape index (κ3) is 3.06. The first-order chi connectivity index (χ1) is 10.3. The van der Waals surface area contributed by atoms with Gasteiger partial charge in [0.25, 0.3) is 0 Å². The van der Waals surface area contributed by atoms with E-state index in [2.05, 4.69) is 46.1 Å². The Bertz CT molecular complexity index is 599. The fourth-order valence-electron chi connectivity index (χ4n) is 3.15. The highest BCUT2D eigenvalue weighted by atomic mass is 16.5. The van der Waals surface area contributed by atoms with Gasteiger partial charge in [-0.2, -0.15) is 0 Å². The molecule has 0 aliphatic carbocycles. The van der Waals surface area contributed by atoms with Crippen molar-refractivity contribution in [3.05, 3.63) is 30.0 Å². The zero-order valence-corrected chi connectivity index (χ0v) is 13.1. The summed E-state index contributed by atoms with van der Waals surface area (Å²) < 4.78 is 7.68. The van der Waals surface area contributed by atoms with Crippen LogP contribution in [0.1, 0.15) is 12.5 Å². The molecule has 2 aromatic rings. The van der Waals surface area contributed by atoms with E-state index in [9.17, 15) is 0 Å². The molecule has 4 nitrogen and oxygen atoms in total. The number of hydrogen-bond acceptors (Lipinski definition) is 3. The Hall–Kier alpha value is -1.52. The van der Waals surface area contributed by atoms with Crippen molar-refractivity contribution in [3.63, 3.8) is 0 Å². The van der Waals surface area contributed by atoms with Crippen LogP contribution in [-0.2, 0) is 13.0 Å². The van der Waals surface area contributed by atoms with Crippen LogP contribution in [0.2, 0.25) is 0 Å². The smallest absolute Gasteiger partial charge is 0.120 e. The first-order valence-electron chi connectivity index (χ1n) is 7.90. The molecule has 0 saturated carbocycles. The maximum atomic E-state index is 5.36. The quantitative estimate of drug-likeness (QED) is 0.913. The summed E-state index contributed by atoms with van der Waals surface area (Å²) in [4.78, 5) is 2.55. The van der Waals surface area contributed by atoms with Gasteiger partial charge in [-0.15, -0.1) is 0 Å². The van der Waals surface area contributed by atoms with Gasteiger partial charge < -0.3 is 19.5 Å². The number of benzene rings is 1. The molecule has 0 amide bonds. The van der Waals surface area contributed by atoms with Crippen molar-refractivity contribution >= 4 is 10.9 Å². The Kier molecular flexibility index (Phi) is 4.46. The van der Waals surface area contributed by atoms with Crippen molar-refractivity contribution in [1.29, 1.82) is 0 Å². The second-order valence-corrected chi connectivity index (χ2v) is 5.67. The van der Waals surface area contributed by atoms with E-state index < -0.39 is 0 Å². The average molecular weight is 287 g/mol. The Morgan fingerprint density at radius 1 is 1.24 bits per heavy atom. The van der Waals surface area contributed by atoms with E-state index >= 15 is 0 Å². The molecule has 21 heavy (non-hydrogen) atoms. The summed E-state index contributed by atoms with van der Waals surface area (Å²) >= 11 is 0. The molecule has 1 fully saturated rings. The minimum atomic E-state index is 0.934. The van der Waals surface area contributed by atoms with Crippen LogP contribution in [0.15, 0.2) is 24.4 Å². The monoisotopic (exact) mass is 287 g/mol.